The smallest absolute Gasteiger partial charge is 0.305 e. The molecular weight excluding hydrogens is 368 g/mol. The van der Waals surface area contributed by atoms with Gasteiger partial charge in [0, 0.05) is 24.7 Å². The molecule has 0 saturated carbocycles. The van der Waals surface area contributed by atoms with Gasteiger partial charge in [0.2, 0.25) is 5.91 Å². The van der Waals surface area contributed by atoms with Gasteiger partial charge in [0.15, 0.2) is 11.6 Å². The van der Waals surface area contributed by atoms with Gasteiger partial charge < -0.3 is 14.7 Å². The SMILES string of the molecule is CCOc1ccc(/C=C/C(=O)N(CCC(=O)O)Cc2cccc(F)c2F)cc1. The van der Waals surface area contributed by atoms with Gasteiger partial charge in [-0.05, 0) is 36.8 Å². The van der Waals surface area contributed by atoms with Crippen molar-refractivity contribution in [2.45, 2.75) is 19.9 Å². The number of carbonyl (C=O) groups is 2. The normalized spacial score (nSPS) is 10.8. The predicted octanol–water partition coefficient (Wildman–Crippen LogP) is 3.88. The number of ether oxygens (including phenoxy) is 1. The van der Waals surface area contributed by atoms with Crippen molar-refractivity contribution in [3.63, 3.8) is 0 Å². The fourth-order valence-electron chi connectivity index (χ4n) is 2.49. The fourth-order valence-corrected chi connectivity index (χ4v) is 2.49. The van der Waals surface area contributed by atoms with Crippen LogP contribution in [0.4, 0.5) is 8.78 Å². The fraction of sp³-hybridized carbons (Fsp3) is 0.238. The lowest BCUT2D eigenvalue weighted by Gasteiger charge is -2.21. The molecule has 0 unspecified atom stereocenters. The highest BCUT2D eigenvalue weighted by Gasteiger charge is 2.16. The standard InChI is InChI=1S/C21H21F2NO4/c1-2-28-17-9-6-15(7-10-17)8-11-19(25)24(13-12-20(26)27)14-16-4-3-5-18(22)21(16)23/h3-11H,2,12-14H2,1H3,(H,26,27)/b11-8+. The minimum absolute atomic E-state index is 0.0202. The summed E-state index contributed by atoms with van der Waals surface area (Å²) in [5.41, 5.74) is 0.722. The van der Waals surface area contributed by atoms with E-state index in [-0.39, 0.29) is 25.1 Å². The summed E-state index contributed by atoms with van der Waals surface area (Å²) in [5, 5.41) is 8.88. The highest BCUT2D eigenvalue weighted by atomic mass is 19.2. The summed E-state index contributed by atoms with van der Waals surface area (Å²) < 4.78 is 32.7. The summed E-state index contributed by atoms with van der Waals surface area (Å²) in [7, 11) is 0. The maximum atomic E-state index is 13.9. The molecule has 0 saturated heterocycles. The lowest BCUT2D eigenvalue weighted by Crippen LogP contribution is -2.31. The molecule has 0 aromatic heterocycles. The zero-order valence-corrected chi connectivity index (χ0v) is 15.4. The highest BCUT2D eigenvalue weighted by molar-refractivity contribution is 5.92. The summed E-state index contributed by atoms with van der Waals surface area (Å²) in [5.74, 6) is -2.96. The third-order valence-corrected chi connectivity index (χ3v) is 3.91. The molecule has 0 spiro atoms. The topological polar surface area (TPSA) is 66.8 Å². The van der Waals surface area contributed by atoms with E-state index in [4.69, 9.17) is 9.84 Å². The lowest BCUT2D eigenvalue weighted by molar-refractivity contribution is -0.138. The lowest BCUT2D eigenvalue weighted by atomic mass is 10.1. The Hall–Kier alpha value is -3.22. The van der Waals surface area contributed by atoms with Gasteiger partial charge in [-0.2, -0.15) is 0 Å². The van der Waals surface area contributed by atoms with Crippen LogP contribution in [0.25, 0.3) is 6.08 Å². The van der Waals surface area contributed by atoms with Crippen LogP contribution >= 0.6 is 0 Å². The van der Waals surface area contributed by atoms with Crippen LogP contribution in [0, 0.1) is 11.6 Å². The number of benzene rings is 2. The molecule has 0 bridgehead atoms. The summed E-state index contributed by atoms with van der Waals surface area (Å²) in [6.45, 7) is 2.06. The Morgan fingerprint density at radius 1 is 1.14 bits per heavy atom. The first-order chi connectivity index (χ1) is 13.4. The van der Waals surface area contributed by atoms with Gasteiger partial charge in [0.05, 0.1) is 13.0 Å². The minimum Gasteiger partial charge on any atom is -0.494 e. The maximum absolute atomic E-state index is 13.9. The maximum Gasteiger partial charge on any atom is 0.305 e. The Balaban J connectivity index is 2.13. The predicted molar refractivity (Wildman–Crippen MR) is 101 cm³/mol. The number of hydrogen-bond acceptors (Lipinski definition) is 3. The minimum atomic E-state index is -1.09. The van der Waals surface area contributed by atoms with E-state index in [0.717, 1.165) is 16.5 Å². The molecule has 0 heterocycles. The van der Waals surface area contributed by atoms with Crippen LogP contribution in [-0.4, -0.2) is 35.0 Å². The number of aliphatic carboxylic acids is 1. The molecule has 0 fully saturated rings. The van der Waals surface area contributed by atoms with Gasteiger partial charge in [-0.15, -0.1) is 0 Å². The molecule has 1 N–H and O–H groups in total. The number of halogens is 2. The van der Waals surface area contributed by atoms with Gasteiger partial charge >= 0.3 is 5.97 Å². The molecule has 5 nitrogen and oxygen atoms in total. The van der Waals surface area contributed by atoms with Crippen LogP contribution < -0.4 is 4.74 Å². The summed E-state index contributed by atoms with van der Waals surface area (Å²) in [6, 6.07) is 10.7. The third kappa shape index (κ3) is 6.19. The molecule has 0 aliphatic rings. The van der Waals surface area contributed by atoms with Gasteiger partial charge in [-0.1, -0.05) is 24.3 Å². The molecule has 148 valence electrons. The van der Waals surface area contributed by atoms with E-state index < -0.39 is 23.5 Å². The van der Waals surface area contributed by atoms with Crippen LogP contribution in [0.2, 0.25) is 0 Å². The largest absolute Gasteiger partial charge is 0.494 e. The van der Waals surface area contributed by atoms with E-state index in [1.165, 1.54) is 18.2 Å². The summed E-state index contributed by atoms with van der Waals surface area (Å²) >= 11 is 0. The third-order valence-electron chi connectivity index (χ3n) is 3.91. The first-order valence-electron chi connectivity index (χ1n) is 8.75. The zero-order valence-electron chi connectivity index (χ0n) is 15.4. The Labute approximate surface area is 161 Å². The number of carbonyl (C=O) groups excluding carboxylic acids is 1. The van der Waals surface area contributed by atoms with Crippen molar-refractivity contribution in [1.82, 2.24) is 4.90 Å². The van der Waals surface area contributed by atoms with Gasteiger partial charge in [0.25, 0.3) is 0 Å². The average Bonchev–Trinajstić information content (AvgIpc) is 2.67. The molecule has 0 atom stereocenters. The Kier molecular flexibility index (Phi) is 7.68. The second-order valence-electron chi connectivity index (χ2n) is 5.95. The van der Waals surface area contributed by atoms with E-state index in [2.05, 4.69) is 0 Å². The van der Waals surface area contributed by atoms with E-state index in [0.29, 0.717) is 12.4 Å². The van der Waals surface area contributed by atoms with E-state index in [1.54, 1.807) is 30.3 Å². The quantitative estimate of drug-likeness (QED) is 0.661. The molecule has 2 rings (SSSR count). The first-order valence-corrected chi connectivity index (χ1v) is 8.75. The van der Waals surface area contributed by atoms with Crippen molar-refractivity contribution in [1.29, 1.82) is 0 Å². The molecule has 0 radical (unpaired) electrons. The van der Waals surface area contributed by atoms with Crippen molar-refractivity contribution in [3.05, 3.63) is 71.3 Å². The summed E-state index contributed by atoms with van der Waals surface area (Å²) in [6.07, 6.45) is 2.53. The Bertz CT molecular complexity index is 850. The second kappa shape index (κ2) is 10.2. The van der Waals surface area contributed by atoms with Crippen molar-refractivity contribution < 1.29 is 28.2 Å². The van der Waals surface area contributed by atoms with Crippen LogP contribution in [0.5, 0.6) is 5.75 Å². The van der Waals surface area contributed by atoms with Gasteiger partial charge in [-0.25, -0.2) is 8.78 Å². The van der Waals surface area contributed by atoms with Crippen LogP contribution in [-0.2, 0) is 16.1 Å². The highest BCUT2D eigenvalue weighted by Crippen LogP contribution is 2.16. The number of carboxylic acids is 1. The zero-order chi connectivity index (χ0) is 20.5. The number of hydrogen-bond donors (Lipinski definition) is 1. The molecule has 0 aliphatic carbocycles. The molecular formula is C21H21F2NO4. The Morgan fingerprint density at radius 2 is 1.86 bits per heavy atom. The molecule has 1 amide bonds. The van der Waals surface area contributed by atoms with Gasteiger partial charge in [-0.3, -0.25) is 9.59 Å². The van der Waals surface area contributed by atoms with E-state index >= 15 is 0 Å². The Morgan fingerprint density at radius 3 is 2.50 bits per heavy atom. The monoisotopic (exact) mass is 389 g/mol. The molecule has 0 aliphatic heterocycles. The molecule has 2 aromatic rings. The second-order valence-corrected chi connectivity index (χ2v) is 5.95. The van der Waals surface area contributed by atoms with Crippen molar-refractivity contribution in [3.8, 4) is 5.75 Å². The number of rotatable bonds is 9. The van der Waals surface area contributed by atoms with Crippen molar-refractivity contribution >= 4 is 18.0 Å². The first kappa shape index (κ1) is 21.1. The number of nitrogens with zero attached hydrogens (tertiary/aromatic N) is 1. The van der Waals surface area contributed by atoms with Crippen LogP contribution in [0.3, 0.4) is 0 Å². The van der Waals surface area contributed by atoms with E-state index in [9.17, 15) is 18.4 Å². The summed E-state index contributed by atoms with van der Waals surface area (Å²) in [4.78, 5) is 24.5. The van der Waals surface area contributed by atoms with E-state index in [1.807, 2.05) is 6.92 Å². The van der Waals surface area contributed by atoms with Crippen molar-refractivity contribution in [2.24, 2.45) is 0 Å². The number of amides is 1. The molecule has 28 heavy (non-hydrogen) atoms. The number of carboxylic acid groups (broad SMARTS) is 1. The van der Waals surface area contributed by atoms with Crippen LogP contribution in [0.15, 0.2) is 48.5 Å². The van der Waals surface area contributed by atoms with Gasteiger partial charge in [0.1, 0.15) is 5.75 Å². The molecule has 2 aromatic carbocycles. The van der Waals surface area contributed by atoms with Crippen LogP contribution in [0.1, 0.15) is 24.5 Å². The average molecular weight is 389 g/mol. The van der Waals surface area contributed by atoms with Crippen molar-refractivity contribution in [2.75, 3.05) is 13.2 Å². The molecule has 7 heteroatoms.